The van der Waals surface area contributed by atoms with Crippen molar-refractivity contribution >= 4 is 0 Å². The van der Waals surface area contributed by atoms with Crippen LogP contribution in [-0.4, -0.2) is 17.8 Å². The third-order valence-corrected chi connectivity index (χ3v) is 4.07. The van der Waals surface area contributed by atoms with Crippen molar-refractivity contribution in [3.8, 4) is 0 Å². The lowest BCUT2D eigenvalue weighted by Crippen LogP contribution is -2.31. The molecule has 106 valence electrons. The Kier molecular flexibility index (Phi) is 5.34. The second kappa shape index (κ2) is 7.01. The number of nitrogens with one attached hydrogen (secondary N) is 1. The molecule has 2 N–H and O–H groups in total. The average Bonchev–Trinajstić information content (AvgIpc) is 2.40. The van der Waals surface area contributed by atoms with Gasteiger partial charge in [0.15, 0.2) is 0 Å². The molecule has 0 radical (unpaired) electrons. The molecule has 2 rings (SSSR count). The van der Waals surface area contributed by atoms with Gasteiger partial charge in [-0.15, -0.1) is 0 Å². The number of rotatable bonds is 5. The summed E-state index contributed by atoms with van der Waals surface area (Å²) in [4.78, 5) is 0. The number of halogens is 1. The molecule has 1 aromatic rings. The molecule has 1 fully saturated rings. The maximum Gasteiger partial charge on any atom is 0.123 e. The van der Waals surface area contributed by atoms with Crippen LogP contribution in [-0.2, 0) is 0 Å². The molecule has 0 aromatic heterocycles. The summed E-state index contributed by atoms with van der Waals surface area (Å²) in [7, 11) is 0. The minimum absolute atomic E-state index is 0.130. The van der Waals surface area contributed by atoms with E-state index in [-0.39, 0.29) is 18.0 Å². The molecule has 1 aliphatic rings. The lowest BCUT2D eigenvalue weighted by molar-refractivity contribution is 0.0995. The van der Waals surface area contributed by atoms with Crippen molar-refractivity contribution in [1.29, 1.82) is 0 Å². The van der Waals surface area contributed by atoms with Crippen molar-refractivity contribution in [2.24, 2.45) is 5.92 Å². The van der Waals surface area contributed by atoms with E-state index in [1.165, 1.54) is 12.5 Å². The van der Waals surface area contributed by atoms with E-state index >= 15 is 0 Å². The molecule has 3 unspecified atom stereocenters. The standard InChI is InChI=1S/C16H24FNO/c1-2-16(13-6-4-7-14(17)10-13)18-11-12-5-3-8-15(19)9-12/h4,6-7,10,12,15-16,18-19H,2-3,5,8-9,11H2,1H3. The van der Waals surface area contributed by atoms with Crippen LogP contribution in [0.15, 0.2) is 24.3 Å². The van der Waals surface area contributed by atoms with Gasteiger partial charge in [-0.25, -0.2) is 4.39 Å². The number of aliphatic hydroxyl groups is 1. The first kappa shape index (κ1) is 14.5. The van der Waals surface area contributed by atoms with Gasteiger partial charge in [0.25, 0.3) is 0 Å². The van der Waals surface area contributed by atoms with Crippen molar-refractivity contribution < 1.29 is 9.50 Å². The first-order valence-corrected chi connectivity index (χ1v) is 7.36. The fraction of sp³-hybridized carbons (Fsp3) is 0.625. The molecule has 0 amide bonds. The Morgan fingerprint density at radius 2 is 2.26 bits per heavy atom. The van der Waals surface area contributed by atoms with Crippen LogP contribution in [0.3, 0.4) is 0 Å². The average molecular weight is 265 g/mol. The highest BCUT2D eigenvalue weighted by Gasteiger charge is 2.21. The van der Waals surface area contributed by atoms with Crippen molar-refractivity contribution in [3.05, 3.63) is 35.6 Å². The van der Waals surface area contributed by atoms with Gasteiger partial charge in [-0.05, 0) is 55.8 Å². The van der Waals surface area contributed by atoms with E-state index in [0.717, 1.165) is 37.8 Å². The highest BCUT2D eigenvalue weighted by atomic mass is 19.1. The van der Waals surface area contributed by atoms with Gasteiger partial charge < -0.3 is 10.4 Å². The van der Waals surface area contributed by atoms with Gasteiger partial charge in [-0.1, -0.05) is 25.5 Å². The Morgan fingerprint density at radius 3 is 2.95 bits per heavy atom. The van der Waals surface area contributed by atoms with Gasteiger partial charge in [-0.3, -0.25) is 0 Å². The lowest BCUT2D eigenvalue weighted by Gasteiger charge is -2.28. The van der Waals surface area contributed by atoms with Crippen molar-refractivity contribution in [2.75, 3.05) is 6.54 Å². The molecule has 1 aliphatic carbocycles. The summed E-state index contributed by atoms with van der Waals surface area (Å²) >= 11 is 0. The van der Waals surface area contributed by atoms with E-state index in [1.54, 1.807) is 12.1 Å². The van der Waals surface area contributed by atoms with Crippen LogP contribution < -0.4 is 5.32 Å². The van der Waals surface area contributed by atoms with Crippen molar-refractivity contribution in [2.45, 2.75) is 51.2 Å². The predicted octanol–water partition coefficient (Wildman–Crippen LogP) is 3.42. The van der Waals surface area contributed by atoms with Gasteiger partial charge >= 0.3 is 0 Å². The molecule has 19 heavy (non-hydrogen) atoms. The molecule has 0 heterocycles. The molecule has 1 aromatic carbocycles. The monoisotopic (exact) mass is 265 g/mol. The first-order valence-electron chi connectivity index (χ1n) is 7.36. The zero-order chi connectivity index (χ0) is 13.7. The Labute approximate surface area is 115 Å². The van der Waals surface area contributed by atoms with Crippen LogP contribution in [0.5, 0.6) is 0 Å². The predicted molar refractivity (Wildman–Crippen MR) is 75.4 cm³/mol. The normalized spacial score (nSPS) is 25.2. The van der Waals surface area contributed by atoms with Crippen LogP contribution >= 0.6 is 0 Å². The largest absolute Gasteiger partial charge is 0.393 e. The summed E-state index contributed by atoms with van der Waals surface area (Å²) < 4.78 is 13.2. The SMILES string of the molecule is CCC(NCC1CCCC(O)C1)c1cccc(F)c1. The Balaban J connectivity index is 1.89. The Bertz CT molecular complexity index is 396. The molecule has 0 saturated heterocycles. The smallest absolute Gasteiger partial charge is 0.123 e. The van der Waals surface area contributed by atoms with E-state index in [9.17, 15) is 9.50 Å². The van der Waals surface area contributed by atoms with E-state index in [1.807, 2.05) is 6.07 Å². The van der Waals surface area contributed by atoms with Crippen LogP contribution in [0.4, 0.5) is 4.39 Å². The fourth-order valence-electron chi connectivity index (χ4n) is 2.98. The number of benzene rings is 1. The maximum atomic E-state index is 13.2. The van der Waals surface area contributed by atoms with Gasteiger partial charge in [0.1, 0.15) is 5.82 Å². The Hall–Kier alpha value is -0.930. The van der Waals surface area contributed by atoms with Crippen LogP contribution in [0.2, 0.25) is 0 Å². The second-order valence-electron chi connectivity index (χ2n) is 5.61. The zero-order valence-electron chi connectivity index (χ0n) is 11.6. The Morgan fingerprint density at radius 1 is 1.42 bits per heavy atom. The van der Waals surface area contributed by atoms with Gasteiger partial charge in [-0.2, -0.15) is 0 Å². The summed E-state index contributed by atoms with van der Waals surface area (Å²) in [6.45, 7) is 3.02. The van der Waals surface area contributed by atoms with Gasteiger partial charge in [0.2, 0.25) is 0 Å². The molecule has 0 aliphatic heterocycles. The fourth-order valence-corrected chi connectivity index (χ4v) is 2.98. The van der Waals surface area contributed by atoms with E-state index in [0.29, 0.717) is 5.92 Å². The number of aliphatic hydroxyl groups excluding tert-OH is 1. The molecule has 3 heteroatoms. The van der Waals surface area contributed by atoms with Crippen LogP contribution in [0, 0.1) is 11.7 Å². The molecule has 1 saturated carbocycles. The van der Waals surface area contributed by atoms with Crippen LogP contribution in [0.1, 0.15) is 50.6 Å². The van der Waals surface area contributed by atoms with E-state index in [2.05, 4.69) is 12.2 Å². The van der Waals surface area contributed by atoms with E-state index in [4.69, 9.17) is 0 Å². The van der Waals surface area contributed by atoms with Crippen molar-refractivity contribution in [1.82, 2.24) is 5.32 Å². The molecule has 2 nitrogen and oxygen atoms in total. The minimum atomic E-state index is -0.175. The lowest BCUT2D eigenvalue weighted by atomic mass is 9.87. The van der Waals surface area contributed by atoms with Gasteiger partial charge in [0, 0.05) is 6.04 Å². The summed E-state index contributed by atoms with van der Waals surface area (Å²) in [5.41, 5.74) is 1.01. The molecule has 0 spiro atoms. The summed E-state index contributed by atoms with van der Waals surface area (Å²) in [6.07, 6.45) is 4.95. The molecule has 0 bridgehead atoms. The third-order valence-electron chi connectivity index (χ3n) is 4.07. The number of hydrogen-bond acceptors (Lipinski definition) is 2. The maximum absolute atomic E-state index is 13.2. The van der Waals surface area contributed by atoms with E-state index < -0.39 is 0 Å². The minimum Gasteiger partial charge on any atom is -0.393 e. The van der Waals surface area contributed by atoms with Crippen molar-refractivity contribution in [3.63, 3.8) is 0 Å². The summed E-state index contributed by atoms with van der Waals surface area (Å²) in [5, 5.41) is 13.2. The highest BCUT2D eigenvalue weighted by molar-refractivity contribution is 5.20. The summed E-state index contributed by atoms with van der Waals surface area (Å²) in [6, 6.07) is 7.03. The molecule has 3 atom stereocenters. The molecular formula is C16H24FNO. The highest BCUT2D eigenvalue weighted by Crippen LogP contribution is 2.25. The zero-order valence-corrected chi connectivity index (χ0v) is 11.6. The quantitative estimate of drug-likeness (QED) is 0.855. The summed E-state index contributed by atoms with van der Waals surface area (Å²) in [5.74, 6) is 0.372. The van der Waals surface area contributed by atoms with Crippen LogP contribution in [0.25, 0.3) is 0 Å². The number of hydrogen-bond donors (Lipinski definition) is 2. The third kappa shape index (κ3) is 4.29. The molecular weight excluding hydrogens is 241 g/mol. The topological polar surface area (TPSA) is 32.3 Å². The second-order valence-corrected chi connectivity index (χ2v) is 5.61. The first-order chi connectivity index (χ1) is 9.19. The van der Waals surface area contributed by atoms with Gasteiger partial charge in [0.05, 0.1) is 6.10 Å².